The van der Waals surface area contributed by atoms with Crippen LogP contribution in [0.3, 0.4) is 0 Å². The molecule has 0 radical (unpaired) electrons. The number of piperazine rings is 1. The number of anilines is 4. The van der Waals surface area contributed by atoms with Crippen LogP contribution in [0.25, 0.3) is 0 Å². The Morgan fingerprint density at radius 1 is 0.892 bits per heavy atom. The number of benzene rings is 2. The number of likely N-dealkylation sites (N-methyl/N-ethyl adjacent to an activating group) is 1. The van der Waals surface area contributed by atoms with Gasteiger partial charge in [-0.1, -0.05) is 24.3 Å². The number of hydrogen-bond donors (Lipinski definition) is 3. The summed E-state index contributed by atoms with van der Waals surface area (Å²) in [6, 6.07) is 19.2. The maximum absolute atomic E-state index is 12.8. The quantitative estimate of drug-likeness (QED) is 0.395. The second-order valence-corrected chi connectivity index (χ2v) is 12.5. The molecule has 0 aliphatic carbocycles. The first-order chi connectivity index (χ1) is 17.5. The van der Waals surface area contributed by atoms with Crippen LogP contribution < -0.4 is 15.4 Å². The lowest BCUT2D eigenvalue weighted by molar-refractivity contribution is 0.148. The summed E-state index contributed by atoms with van der Waals surface area (Å²) in [5, 5.41) is 6.66. The normalized spacial score (nSPS) is 15.5. The predicted molar refractivity (Wildman–Crippen MR) is 151 cm³/mol. The molecular weight excluding hydrogens is 484 g/mol. The van der Waals surface area contributed by atoms with Crippen LogP contribution >= 0.6 is 0 Å². The molecule has 1 aliphatic heterocycles. The second-order valence-electron chi connectivity index (χ2n) is 10.8. The van der Waals surface area contributed by atoms with Gasteiger partial charge < -0.3 is 15.5 Å². The van der Waals surface area contributed by atoms with Crippen LogP contribution in [0.4, 0.5) is 23.0 Å². The minimum absolute atomic E-state index is 0.205. The van der Waals surface area contributed by atoms with Crippen LogP contribution in [0.1, 0.15) is 31.9 Å². The highest BCUT2D eigenvalue weighted by atomic mass is 32.2. The molecule has 0 bridgehead atoms. The molecule has 1 aromatic heterocycles. The summed E-state index contributed by atoms with van der Waals surface area (Å²) >= 11 is 0. The summed E-state index contributed by atoms with van der Waals surface area (Å²) in [7, 11) is -1.46. The van der Waals surface area contributed by atoms with Crippen molar-refractivity contribution in [3.8, 4) is 0 Å². The standard InChI is InChI=1S/C28H38N6O2S/c1-21-9-14-26(29-23-12-10-22(11-13-23)20-34-17-15-33(5)16-18-34)31-27(21)30-24-7-6-8-25(19-24)37(35,36)32-28(2,3)4/h6-14,19,32H,15-18,20H2,1-5H3,(H2,29,30,31). The highest BCUT2D eigenvalue weighted by Gasteiger charge is 2.22. The van der Waals surface area contributed by atoms with Crippen molar-refractivity contribution < 1.29 is 8.42 Å². The molecule has 1 saturated heterocycles. The molecule has 0 spiro atoms. The molecule has 0 saturated carbocycles. The zero-order valence-electron chi connectivity index (χ0n) is 22.4. The zero-order valence-corrected chi connectivity index (χ0v) is 23.2. The van der Waals surface area contributed by atoms with Gasteiger partial charge in [0.1, 0.15) is 11.6 Å². The molecule has 8 nitrogen and oxygen atoms in total. The van der Waals surface area contributed by atoms with E-state index in [1.807, 2.05) is 45.9 Å². The van der Waals surface area contributed by atoms with E-state index >= 15 is 0 Å². The van der Waals surface area contributed by atoms with E-state index in [4.69, 9.17) is 4.98 Å². The molecule has 9 heteroatoms. The Morgan fingerprint density at radius 3 is 2.27 bits per heavy atom. The lowest BCUT2D eigenvalue weighted by Gasteiger charge is -2.32. The van der Waals surface area contributed by atoms with Gasteiger partial charge in [0.2, 0.25) is 10.0 Å². The van der Waals surface area contributed by atoms with Crippen molar-refractivity contribution in [2.75, 3.05) is 43.9 Å². The molecule has 2 aromatic carbocycles. The predicted octanol–water partition coefficient (Wildman–Crippen LogP) is 4.70. The fourth-order valence-electron chi connectivity index (χ4n) is 4.17. The van der Waals surface area contributed by atoms with Crippen molar-refractivity contribution in [1.82, 2.24) is 19.5 Å². The summed E-state index contributed by atoms with van der Waals surface area (Å²) in [6.07, 6.45) is 0. The largest absolute Gasteiger partial charge is 0.340 e. The Balaban J connectivity index is 1.43. The Morgan fingerprint density at radius 2 is 1.59 bits per heavy atom. The van der Waals surface area contributed by atoms with Gasteiger partial charge in [0.25, 0.3) is 0 Å². The van der Waals surface area contributed by atoms with Gasteiger partial charge in [0.15, 0.2) is 0 Å². The van der Waals surface area contributed by atoms with Gasteiger partial charge in [0, 0.05) is 49.6 Å². The zero-order chi connectivity index (χ0) is 26.6. The summed E-state index contributed by atoms with van der Waals surface area (Å²) in [6.45, 7) is 12.8. The van der Waals surface area contributed by atoms with Gasteiger partial charge in [0.05, 0.1) is 4.90 Å². The van der Waals surface area contributed by atoms with E-state index in [1.54, 1.807) is 18.2 Å². The number of rotatable bonds is 8. The van der Waals surface area contributed by atoms with Gasteiger partial charge in [-0.15, -0.1) is 0 Å². The molecular formula is C28H38N6O2S. The van der Waals surface area contributed by atoms with E-state index in [2.05, 4.69) is 56.5 Å². The minimum atomic E-state index is -3.64. The van der Waals surface area contributed by atoms with Crippen LogP contribution in [0.2, 0.25) is 0 Å². The Hall–Kier alpha value is -2.98. The summed E-state index contributed by atoms with van der Waals surface area (Å²) < 4.78 is 28.2. The topological polar surface area (TPSA) is 89.6 Å². The maximum Gasteiger partial charge on any atom is 0.241 e. The molecule has 0 atom stereocenters. The molecule has 198 valence electrons. The van der Waals surface area contributed by atoms with Crippen LogP contribution in [0, 0.1) is 6.92 Å². The van der Waals surface area contributed by atoms with Gasteiger partial charge in [-0.05, 0) is 82.3 Å². The summed E-state index contributed by atoms with van der Waals surface area (Å²) in [5.74, 6) is 1.37. The second kappa shape index (κ2) is 11.2. The van der Waals surface area contributed by atoms with Crippen molar-refractivity contribution >= 4 is 33.0 Å². The van der Waals surface area contributed by atoms with Crippen molar-refractivity contribution in [2.24, 2.45) is 0 Å². The Kier molecular flexibility index (Phi) is 8.18. The third kappa shape index (κ3) is 7.75. The fourth-order valence-corrected chi connectivity index (χ4v) is 5.63. The maximum atomic E-state index is 12.8. The summed E-state index contributed by atoms with van der Waals surface area (Å²) in [4.78, 5) is 9.79. The van der Waals surface area contributed by atoms with E-state index in [0.717, 1.165) is 44.0 Å². The molecule has 0 amide bonds. The Labute approximate surface area is 221 Å². The lowest BCUT2D eigenvalue weighted by atomic mass is 10.1. The van der Waals surface area contributed by atoms with E-state index < -0.39 is 15.6 Å². The first-order valence-corrected chi connectivity index (χ1v) is 14.1. The lowest BCUT2D eigenvalue weighted by Crippen LogP contribution is -2.43. The molecule has 2 heterocycles. The first kappa shape index (κ1) is 27.1. The van der Waals surface area contributed by atoms with Gasteiger partial charge in [-0.25, -0.2) is 18.1 Å². The van der Waals surface area contributed by atoms with Crippen molar-refractivity contribution in [1.29, 1.82) is 0 Å². The molecule has 3 N–H and O–H groups in total. The number of nitrogens with one attached hydrogen (secondary N) is 3. The van der Waals surface area contributed by atoms with E-state index in [0.29, 0.717) is 17.3 Å². The highest BCUT2D eigenvalue weighted by Crippen LogP contribution is 2.25. The average molecular weight is 523 g/mol. The van der Waals surface area contributed by atoms with Gasteiger partial charge in [-0.3, -0.25) is 4.90 Å². The Bertz CT molecular complexity index is 1310. The van der Waals surface area contributed by atoms with Crippen molar-refractivity contribution in [3.63, 3.8) is 0 Å². The third-order valence-corrected chi connectivity index (χ3v) is 7.93. The number of aryl methyl sites for hydroxylation is 1. The van der Waals surface area contributed by atoms with Crippen LogP contribution in [0.15, 0.2) is 65.6 Å². The van der Waals surface area contributed by atoms with Crippen molar-refractivity contribution in [2.45, 2.75) is 44.7 Å². The SMILES string of the molecule is Cc1ccc(Nc2ccc(CN3CCN(C)CC3)cc2)nc1Nc1cccc(S(=O)(=O)NC(C)(C)C)c1. The molecule has 0 unspecified atom stereocenters. The number of hydrogen-bond acceptors (Lipinski definition) is 7. The minimum Gasteiger partial charge on any atom is -0.340 e. The van der Waals surface area contributed by atoms with E-state index in [-0.39, 0.29) is 4.90 Å². The van der Waals surface area contributed by atoms with Crippen LogP contribution in [0.5, 0.6) is 0 Å². The number of aromatic nitrogens is 1. The molecule has 37 heavy (non-hydrogen) atoms. The summed E-state index contributed by atoms with van der Waals surface area (Å²) in [5.41, 5.74) is 3.30. The van der Waals surface area contributed by atoms with Gasteiger partial charge >= 0.3 is 0 Å². The molecule has 4 rings (SSSR count). The van der Waals surface area contributed by atoms with Crippen molar-refractivity contribution in [3.05, 3.63) is 71.8 Å². The number of sulfonamides is 1. The number of nitrogens with zero attached hydrogens (tertiary/aromatic N) is 3. The molecule has 3 aromatic rings. The fraction of sp³-hybridized carbons (Fsp3) is 0.393. The average Bonchev–Trinajstić information content (AvgIpc) is 2.83. The third-order valence-electron chi connectivity index (χ3n) is 6.17. The van der Waals surface area contributed by atoms with E-state index in [9.17, 15) is 8.42 Å². The molecule has 1 fully saturated rings. The van der Waals surface area contributed by atoms with E-state index in [1.165, 1.54) is 5.56 Å². The monoisotopic (exact) mass is 522 g/mol. The van der Waals surface area contributed by atoms with Crippen LogP contribution in [-0.4, -0.2) is 62.0 Å². The van der Waals surface area contributed by atoms with Crippen LogP contribution in [-0.2, 0) is 16.6 Å². The first-order valence-electron chi connectivity index (χ1n) is 12.6. The van der Waals surface area contributed by atoms with Gasteiger partial charge in [-0.2, -0.15) is 0 Å². The smallest absolute Gasteiger partial charge is 0.241 e. The molecule has 1 aliphatic rings. The number of pyridine rings is 1. The highest BCUT2D eigenvalue weighted by molar-refractivity contribution is 7.89.